The van der Waals surface area contributed by atoms with Crippen molar-refractivity contribution in [3.05, 3.63) is 35.4 Å². The summed E-state index contributed by atoms with van der Waals surface area (Å²) in [6, 6.07) is 6.66. The van der Waals surface area contributed by atoms with Crippen LogP contribution in [-0.4, -0.2) is 31.2 Å². The average Bonchev–Trinajstić information content (AvgIpc) is 2.35. The zero-order chi connectivity index (χ0) is 12.8. The highest BCUT2D eigenvalue weighted by Gasteiger charge is 2.16. The maximum atomic E-state index is 11.6. The number of nitrogens with one attached hydrogen (secondary N) is 2. The van der Waals surface area contributed by atoms with Gasteiger partial charge in [-0.05, 0) is 6.92 Å². The van der Waals surface area contributed by atoms with Crippen LogP contribution in [0.4, 0.5) is 0 Å². The maximum absolute atomic E-state index is 11.6. The Morgan fingerprint density at radius 1 is 1.12 bits per heavy atom. The second-order valence-corrected chi connectivity index (χ2v) is 3.55. The number of rotatable bonds is 4. The number of amides is 2. The SMILES string of the molecule is CNC(=O)CNC(=O)C(=O)c1ccc(C)cc1. The van der Waals surface area contributed by atoms with E-state index < -0.39 is 11.7 Å². The van der Waals surface area contributed by atoms with Gasteiger partial charge >= 0.3 is 0 Å². The largest absolute Gasteiger partial charge is 0.358 e. The first-order chi connectivity index (χ1) is 8.04. The van der Waals surface area contributed by atoms with Gasteiger partial charge in [-0.3, -0.25) is 14.4 Å². The molecule has 0 heterocycles. The predicted molar refractivity (Wildman–Crippen MR) is 62.6 cm³/mol. The first kappa shape index (κ1) is 12.9. The lowest BCUT2D eigenvalue weighted by Gasteiger charge is -2.03. The number of hydrogen-bond donors (Lipinski definition) is 2. The number of aryl methyl sites for hydroxylation is 1. The maximum Gasteiger partial charge on any atom is 0.292 e. The number of ketones is 1. The molecule has 2 amide bonds. The Labute approximate surface area is 99.2 Å². The van der Waals surface area contributed by atoms with E-state index in [1.165, 1.54) is 7.05 Å². The first-order valence-electron chi connectivity index (χ1n) is 5.14. The summed E-state index contributed by atoms with van der Waals surface area (Å²) in [7, 11) is 1.45. The van der Waals surface area contributed by atoms with Crippen LogP contribution in [0.2, 0.25) is 0 Å². The first-order valence-corrected chi connectivity index (χ1v) is 5.14. The van der Waals surface area contributed by atoms with E-state index in [0.29, 0.717) is 5.56 Å². The molecular formula is C12H14N2O3. The third-order valence-corrected chi connectivity index (χ3v) is 2.21. The summed E-state index contributed by atoms with van der Waals surface area (Å²) in [6.45, 7) is 1.69. The smallest absolute Gasteiger partial charge is 0.292 e. The number of Topliss-reactive ketones (excluding diaryl/α,β-unsaturated/α-hetero) is 1. The lowest BCUT2D eigenvalue weighted by molar-refractivity contribution is -0.123. The standard InChI is InChI=1S/C12H14N2O3/c1-8-3-5-9(6-4-8)11(16)12(17)14-7-10(15)13-2/h3-6H,7H2,1-2H3,(H,13,15)(H,14,17). The van der Waals surface area contributed by atoms with Crippen LogP contribution in [0.15, 0.2) is 24.3 Å². The van der Waals surface area contributed by atoms with E-state index in [2.05, 4.69) is 10.6 Å². The van der Waals surface area contributed by atoms with Crippen LogP contribution >= 0.6 is 0 Å². The predicted octanol–water partition coefficient (Wildman–Crippen LogP) is 0.0399. The van der Waals surface area contributed by atoms with Crippen LogP contribution in [-0.2, 0) is 9.59 Å². The highest BCUT2D eigenvalue weighted by atomic mass is 16.2. The van der Waals surface area contributed by atoms with Gasteiger partial charge in [0, 0.05) is 12.6 Å². The minimum Gasteiger partial charge on any atom is -0.358 e. The van der Waals surface area contributed by atoms with Crippen LogP contribution in [0.1, 0.15) is 15.9 Å². The van der Waals surface area contributed by atoms with Gasteiger partial charge in [-0.2, -0.15) is 0 Å². The summed E-state index contributed by atoms with van der Waals surface area (Å²) in [5.41, 5.74) is 1.32. The molecule has 1 aromatic rings. The molecule has 0 spiro atoms. The van der Waals surface area contributed by atoms with Gasteiger partial charge in [0.05, 0.1) is 6.54 Å². The number of likely N-dealkylation sites (N-methyl/N-ethyl adjacent to an activating group) is 1. The van der Waals surface area contributed by atoms with Gasteiger partial charge in [0.1, 0.15) is 0 Å². The average molecular weight is 234 g/mol. The van der Waals surface area contributed by atoms with Crippen LogP contribution in [0, 0.1) is 6.92 Å². The minimum absolute atomic E-state index is 0.201. The molecule has 0 bridgehead atoms. The van der Waals surface area contributed by atoms with Gasteiger partial charge in [-0.25, -0.2) is 0 Å². The molecule has 0 radical (unpaired) electrons. The van der Waals surface area contributed by atoms with E-state index in [4.69, 9.17) is 0 Å². The Kier molecular flexibility index (Phi) is 4.39. The van der Waals surface area contributed by atoms with Gasteiger partial charge in [0.15, 0.2) is 0 Å². The number of carbonyl (C=O) groups excluding carboxylic acids is 3. The molecule has 2 N–H and O–H groups in total. The van der Waals surface area contributed by atoms with Gasteiger partial charge in [0.2, 0.25) is 11.7 Å². The van der Waals surface area contributed by atoms with Crippen molar-refractivity contribution in [2.24, 2.45) is 0 Å². The molecule has 0 unspecified atom stereocenters. The van der Waals surface area contributed by atoms with E-state index in [0.717, 1.165) is 5.56 Å². The molecule has 0 atom stereocenters. The Morgan fingerprint density at radius 3 is 2.24 bits per heavy atom. The molecule has 0 aromatic heterocycles. The van der Waals surface area contributed by atoms with Gasteiger partial charge in [0.25, 0.3) is 5.91 Å². The van der Waals surface area contributed by atoms with Crippen molar-refractivity contribution in [1.82, 2.24) is 10.6 Å². The van der Waals surface area contributed by atoms with E-state index in [1.54, 1.807) is 24.3 Å². The molecule has 0 fully saturated rings. The Morgan fingerprint density at radius 2 is 1.71 bits per heavy atom. The highest BCUT2D eigenvalue weighted by molar-refractivity contribution is 6.43. The molecule has 5 heteroatoms. The fourth-order valence-electron chi connectivity index (χ4n) is 1.17. The molecule has 90 valence electrons. The van der Waals surface area contributed by atoms with Crippen LogP contribution in [0.3, 0.4) is 0 Å². The van der Waals surface area contributed by atoms with Crippen molar-refractivity contribution in [2.45, 2.75) is 6.92 Å². The van der Waals surface area contributed by atoms with Crippen molar-refractivity contribution in [2.75, 3.05) is 13.6 Å². The molecule has 0 saturated carbocycles. The van der Waals surface area contributed by atoms with Gasteiger partial charge < -0.3 is 10.6 Å². The Balaban J connectivity index is 2.61. The zero-order valence-corrected chi connectivity index (χ0v) is 9.74. The normalized spacial score (nSPS) is 9.53. The van der Waals surface area contributed by atoms with E-state index in [9.17, 15) is 14.4 Å². The minimum atomic E-state index is -0.780. The molecule has 1 aromatic carbocycles. The van der Waals surface area contributed by atoms with Crippen molar-refractivity contribution < 1.29 is 14.4 Å². The summed E-state index contributed by atoms with van der Waals surface area (Å²) < 4.78 is 0. The summed E-state index contributed by atoms with van der Waals surface area (Å²) >= 11 is 0. The van der Waals surface area contributed by atoms with E-state index in [-0.39, 0.29) is 12.5 Å². The van der Waals surface area contributed by atoms with Crippen LogP contribution in [0.25, 0.3) is 0 Å². The molecule has 1 rings (SSSR count). The second-order valence-electron chi connectivity index (χ2n) is 3.55. The van der Waals surface area contributed by atoms with E-state index in [1.807, 2.05) is 6.92 Å². The van der Waals surface area contributed by atoms with Gasteiger partial charge in [-0.1, -0.05) is 29.8 Å². The summed E-state index contributed by atoms with van der Waals surface area (Å²) in [4.78, 5) is 33.9. The highest BCUT2D eigenvalue weighted by Crippen LogP contribution is 2.03. The number of carbonyl (C=O) groups is 3. The molecule has 17 heavy (non-hydrogen) atoms. The number of benzene rings is 1. The summed E-state index contributed by atoms with van der Waals surface area (Å²) in [5, 5.41) is 4.59. The summed E-state index contributed by atoms with van der Waals surface area (Å²) in [5.74, 6) is -1.78. The van der Waals surface area contributed by atoms with Crippen molar-refractivity contribution >= 4 is 17.6 Å². The zero-order valence-electron chi connectivity index (χ0n) is 9.74. The third kappa shape index (κ3) is 3.71. The quantitative estimate of drug-likeness (QED) is 0.570. The topological polar surface area (TPSA) is 75.3 Å². The monoisotopic (exact) mass is 234 g/mol. The lowest BCUT2D eigenvalue weighted by Crippen LogP contribution is -2.38. The van der Waals surface area contributed by atoms with Gasteiger partial charge in [-0.15, -0.1) is 0 Å². The molecule has 0 aliphatic carbocycles. The molecule has 5 nitrogen and oxygen atoms in total. The van der Waals surface area contributed by atoms with Crippen LogP contribution < -0.4 is 10.6 Å². The van der Waals surface area contributed by atoms with Crippen molar-refractivity contribution in [3.63, 3.8) is 0 Å². The third-order valence-electron chi connectivity index (χ3n) is 2.21. The Hall–Kier alpha value is -2.17. The Bertz CT molecular complexity index is 438. The fraction of sp³-hybridized carbons (Fsp3) is 0.250. The molecule has 0 saturated heterocycles. The molecule has 0 aliphatic rings. The molecule has 0 aliphatic heterocycles. The van der Waals surface area contributed by atoms with Crippen molar-refractivity contribution in [3.8, 4) is 0 Å². The number of hydrogen-bond acceptors (Lipinski definition) is 3. The molecular weight excluding hydrogens is 220 g/mol. The van der Waals surface area contributed by atoms with E-state index >= 15 is 0 Å². The lowest BCUT2D eigenvalue weighted by atomic mass is 10.1. The van der Waals surface area contributed by atoms with Crippen molar-refractivity contribution in [1.29, 1.82) is 0 Å². The fourth-order valence-corrected chi connectivity index (χ4v) is 1.17. The van der Waals surface area contributed by atoms with Crippen LogP contribution in [0.5, 0.6) is 0 Å². The summed E-state index contributed by atoms with van der Waals surface area (Å²) in [6.07, 6.45) is 0. The second kappa shape index (κ2) is 5.79.